The van der Waals surface area contributed by atoms with Crippen molar-refractivity contribution in [1.29, 1.82) is 0 Å². The van der Waals surface area contributed by atoms with Gasteiger partial charge in [-0.2, -0.15) is 0 Å². The largest absolute Gasteiger partial charge is 0.378 e. The molecule has 0 aromatic heterocycles. The molecular formula is C16H23FN2O2. The van der Waals surface area contributed by atoms with E-state index in [-0.39, 0.29) is 23.9 Å². The number of hydrogen-bond acceptors (Lipinski definition) is 3. The van der Waals surface area contributed by atoms with Gasteiger partial charge in [0.25, 0.3) is 5.91 Å². The van der Waals surface area contributed by atoms with Crippen molar-refractivity contribution >= 4 is 5.91 Å². The summed E-state index contributed by atoms with van der Waals surface area (Å²) in [7, 11) is 1.65. The molecule has 1 aliphatic heterocycles. The summed E-state index contributed by atoms with van der Waals surface area (Å²) in [5.74, 6) is -0.618. The van der Waals surface area contributed by atoms with Crippen molar-refractivity contribution in [3.63, 3.8) is 0 Å². The Hall–Kier alpha value is -1.46. The standard InChI is InChI=1S/C16H23FN2O2/c1-10(2)19-8-14(15(9-19)21-4)18-16(20)12-6-5-11(3)13(17)7-12/h5-7,10,14-15H,8-9H2,1-4H3,(H,18,20)/t14-,15-/m0/s1. The summed E-state index contributed by atoms with van der Waals surface area (Å²) >= 11 is 0. The molecule has 1 amide bonds. The van der Waals surface area contributed by atoms with E-state index in [9.17, 15) is 9.18 Å². The van der Waals surface area contributed by atoms with E-state index < -0.39 is 0 Å². The summed E-state index contributed by atoms with van der Waals surface area (Å²) in [5.41, 5.74) is 0.879. The third-order valence-electron chi connectivity index (χ3n) is 4.08. The van der Waals surface area contributed by atoms with Crippen LogP contribution in [0.3, 0.4) is 0 Å². The van der Waals surface area contributed by atoms with Gasteiger partial charge in [0.1, 0.15) is 5.82 Å². The molecule has 2 rings (SSSR count). The number of nitrogens with one attached hydrogen (secondary N) is 1. The quantitative estimate of drug-likeness (QED) is 0.923. The second kappa shape index (κ2) is 6.54. The van der Waals surface area contributed by atoms with Crippen molar-refractivity contribution < 1.29 is 13.9 Å². The van der Waals surface area contributed by atoms with Gasteiger partial charge in [-0.3, -0.25) is 9.69 Å². The Morgan fingerprint density at radius 3 is 2.71 bits per heavy atom. The van der Waals surface area contributed by atoms with Crippen LogP contribution in [0.1, 0.15) is 29.8 Å². The maximum Gasteiger partial charge on any atom is 0.251 e. The number of aryl methyl sites for hydroxylation is 1. The highest BCUT2D eigenvalue weighted by atomic mass is 19.1. The van der Waals surface area contributed by atoms with Gasteiger partial charge in [0.05, 0.1) is 12.1 Å². The maximum absolute atomic E-state index is 13.6. The third-order valence-corrected chi connectivity index (χ3v) is 4.08. The van der Waals surface area contributed by atoms with E-state index in [4.69, 9.17) is 4.74 Å². The highest BCUT2D eigenvalue weighted by molar-refractivity contribution is 5.94. The first kappa shape index (κ1) is 15.9. The summed E-state index contributed by atoms with van der Waals surface area (Å²) in [6.07, 6.45) is -0.0355. The van der Waals surface area contributed by atoms with Crippen LogP contribution in [0.15, 0.2) is 18.2 Å². The van der Waals surface area contributed by atoms with E-state index in [1.165, 1.54) is 6.07 Å². The van der Waals surface area contributed by atoms with Crippen molar-refractivity contribution in [3.05, 3.63) is 35.1 Å². The van der Waals surface area contributed by atoms with Gasteiger partial charge in [-0.05, 0) is 38.5 Å². The van der Waals surface area contributed by atoms with Crippen molar-refractivity contribution in [2.45, 2.75) is 39.0 Å². The molecule has 0 radical (unpaired) electrons. The molecule has 1 N–H and O–H groups in total. The van der Waals surface area contributed by atoms with Crippen LogP contribution < -0.4 is 5.32 Å². The molecule has 116 valence electrons. The molecule has 5 heteroatoms. The van der Waals surface area contributed by atoms with Crippen LogP contribution in [0.5, 0.6) is 0 Å². The van der Waals surface area contributed by atoms with Gasteiger partial charge in [0, 0.05) is 31.8 Å². The lowest BCUT2D eigenvalue weighted by atomic mass is 10.1. The SMILES string of the molecule is CO[C@H]1CN(C(C)C)C[C@@H]1NC(=O)c1ccc(C)c(F)c1. The Labute approximate surface area is 125 Å². The van der Waals surface area contributed by atoms with Crippen LogP contribution in [-0.2, 0) is 4.74 Å². The fourth-order valence-electron chi connectivity index (χ4n) is 2.59. The second-order valence-electron chi connectivity index (χ2n) is 5.87. The molecule has 1 aromatic carbocycles. The van der Waals surface area contributed by atoms with Crippen molar-refractivity contribution in [2.24, 2.45) is 0 Å². The van der Waals surface area contributed by atoms with Crippen molar-refractivity contribution in [1.82, 2.24) is 10.2 Å². The number of carbonyl (C=O) groups is 1. The van der Waals surface area contributed by atoms with Gasteiger partial charge in [-0.25, -0.2) is 4.39 Å². The predicted molar refractivity (Wildman–Crippen MR) is 79.9 cm³/mol. The fraction of sp³-hybridized carbons (Fsp3) is 0.562. The average molecular weight is 294 g/mol. The molecule has 0 bridgehead atoms. The topological polar surface area (TPSA) is 41.6 Å². The van der Waals surface area contributed by atoms with Gasteiger partial charge >= 0.3 is 0 Å². The minimum Gasteiger partial charge on any atom is -0.378 e. The molecule has 1 saturated heterocycles. The molecule has 0 spiro atoms. The minimum atomic E-state index is -0.360. The number of amides is 1. The van der Waals surface area contributed by atoms with E-state index in [0.29, 0.717) is 17.2 Å². The second-order valence-corrected chi connectivity index (χ2v) is 5.87. The summed E-state index contributed by atoms with van der Waals surface area (Å²) < 4.78 is 19.0. The number of hydrogen-bond donors (Lipinski definition) is 1. The molecule has 1 heterocycles. The van der Waals surface area contributed by atoms with Gasteiger partial charge in [-0.15, -0.1) is 0 Å². The first-order chi connectivity index (χ1) is 9.92. The van der Waals surface area contributed by atoms with E-state index in [1.54, 1.807) is 26.2 Å². The first-order valence-corrected chi connectivity index (χ1v) is 7.26. The van der Waals surface area contributed by atoms with Gasteiger partial charge < -0.3 is 10.1 Å². The number of likely N-dealkylation sites (tertiary alicyclic amines) is 1. The van der Waals surface area contributed by atoms with Crippen LogP contribution >= 0.6 is 0 Å². The van der Waals surface area contributed by atoms with E-state index in [1.807, 2.05) is 0 Å². The van der Waals surface area contributed by atoms with Crippen LogP contribution in [0.2, 0.25) is 0 Å². The lowest BCUT2D eigenvalue weighted by Crippen LogP contribution is -2.43. The smallest absolute Gasteiger partial charge is 0.251 e. The lowest BCUT2D eigenvalue weighted by Gasteiger charge is -2.20. The van der Waals surface area contributed by atoms with Crippen LogP contribution in [0.25, 0.3) is 0 Å². The fourth-order valence-corrected chi connectivity index (χ4v) is 2.59. The molecule has 1 aromatic rings. The summed E-state index contributed by atoms with van der Waals surface area (Å²) in [5, 5.41) is 2.96. The van der Waals surface area contributed by atoms with Gasteiger partial charge in [-0.1, -0.05) is 6.07 Å². The Morgan fingerprint density at radius 2 is 2.14 bits per heavy atom. The monoisotopic (exact) mass is 294 g/mol. The molecule has 0 saturated carbocycles. The highest BCUT2D eigenvalue weighted by Gasteiger charge is 2.35. The number of carbonyl (C=O) groups excluding carboxylic acids is 1. The third kappa shape index (κ3) is 3.60. The van der Waals surface area contributed by atoms with Crippen LogP contribution in [0.4, 0.5) is 4.39 Å². The lowest BCUT2D eigenvalue weighted by molar-refractivity contribution is 0.0753. The Bertz CT molecular complexity index is 519. The zero-order valence-corrected chi connectivity index (χ0v) is 13.0. The van der Waals surface area contributed by atoms with Crippen molar-refractivity contribution in [2.75, 3.05) is 20.2 Å². The van der Waals surface area contributed by atoms with Crippen LogP contribution in [0, 0.1) is 12.7 Å². The molecule has 0 unspecified atom stereocenters. The van der Waals surface area contributed by atoms with E-state index in [2.05, 4.69) is 24.1 Å². The first-order valence-electron chi connectivity index (χ1n) is 7.26. The molecule has 0 aliphatic carbocycles. The zero-order chi connectivity index (χ0) is 15.6. The number of methoxy groups -OCH3 is 1. The van der Waals surface area contributed by atoms with Gasteiger partial charge in [0.2, 0.25) is 0 Å². The highest BCUT2D eigenvalue weighted by Crippen LogP contribution is 2.17. The van der Waals surface area contributed by atoms with E-state index in [0.717, 1.165) is 13.1 Å². The number of ether oxygens (including phenoxy) is 1. The van der Waals surface area contributed by atoms with Gasteiger partial charge in [0.15, 0.2) is 0 Å². The van der Waals surface area contributed by atoms with Crippen LogP contribution in [-0.4, -0.2) is 49.2 Å². The number of nitrogens with zero attached hydrogens (tertiary/aromatic N) is 1. The predicted octanol–water partition coefficient (Wildman–Crippen LogP) is 1.97. The molecular weight excluding hydrogens is 271 g/mol. The Kier molecular flexibility index (Phi) is 4.96. The molecule has 1 aliphatic rings. The molecule has 2 atom stereocenters. The summed E-state index contributed by atoms with van der Waals surface area (Å²) in [6.45, 7) is 7.45. The Morgan fingerprint density at radius 1 is 1.43 bits per heavy atom. The minimum absolute atomic E-state index is 0.0355. The molecule has 4 nitrogen and oxygen atoms in total. The maximum atomic E-state index is 13.6. The number of halogens is 1. The summed E-state index contributed by atoms with van der Waals surface area (Å²) in [6, 6.07) is 4.87. The zero-order valence-electron chi connectivity index (χ0n) is 13.0. The number of rotatable bonds is 4. The molecule has 1 fully saturated rings. The van der Waals surface area contributed by atoms with E-state index >= 15 is 0 Å². The normalized spacial score (nSPS) is 22.8. The van der Waals surface area contributed by atoms with Crippen molar-refractivity contribution in [3.8, 4) is 0 Å². The molecule has 21 heavy (non-hydrogen) atoms. The summed E-state index contributed by atoms with van der Waals surface area (Å²) in [4.78, 5) is 14.5. The Balaban J connectivity index is 2.06. The average Bonchev–Trinajstić information content (AvgIpc) is 2.85. The number of benzene rings is 1.